The Balaban J connectivity index is 2.20. The Morgan fingerprint density at radius 2 is 2.05 bits per heavy atom. The van der Waals surface area contributed by atoms with Gasteiger partial charge in [-0.15, -0.1) is 0 Å². The van der Waals surface area contributed by atoms with Crippen molar-refractivity contribution in [2.24, 2.45) is 5.92 Å². The Morgan fingerprint density at radius 1 is 1.40 bits per heavy atom. The van der Waals surface area contributed by atoms with Crippen LogP contribution in [-0.4, -0.2) is 36.6 Å². The number of anilines is 1. The molecule has 5 heteroatoms. The molecule has 0 bridgehead atoms. The first kappa shape index (κ1) is 14.5. The maximum absolute atomic E-state index is 12.2. The third kappa shape index (κ3) is 3.17. The number of aliphatic hydroxyl groups is 1. The third-order valence-electron chi connectivity index (χ3n) is 3.42. The first-order valence-electron chi connectivity index (χ1n) is 6.83. The molecule has 1 atom stereocenters. The molecule has 1 aliphatic carbocycles. The van der Waals surface area contributed by atoms with Crippen LogP contribution in [0.4, 0.5) is 5.69 Å². The fourth-order valence-corrected chi connectivity index (χ4v) is 2.03. The van der Waals surface area contributed by atoms with E-state index in [9.17, 15) is 9.59 Å². The molecule has 1 aliphatic rings. The van der Waals surface area contributed by atoms with Crippen LogP contribution in [-0.2, 0) is 4.79 Å². The van der Waals surface area contributed by atoms with E-state index in [-0.39, 0.29) is 30.4 Å². The van der Waals surface area contributed by atoms with E-state index >= 15 is 0 Å². The van der Waals surface area contributed by atoms with Gasteiger partial charge in [0.15, 0.2) is 0 Å². The summed E-state index contributed by atoms with van der Waals surface area (Å²) in [7, 11) is 1.70. The Labute approximate surface area is 118 Å². The zero-order chi connectivity index (χ0) is 14.7. The van der Waals surface area contributed by atoms with Crippen molar-refractivity contribution in [2.75, 3.05) is 18.6 Å². The highest BCUT2D eigenvalue weighted by molar-refractivity contribution is 6.05. The zero-order valence-corrected chi connectivity index (χ0v) is 11.8. The molecule has 5 nitrogen and oxygen atoms in total. The van der Waals surface area contributed by atoms with Crippen molar-refractivity contribution < 1.29 is 14.7 Å². The monoisotopic (exact) mass is 276 g/mol. The minimum Gasteiger partial charge on any atom is -0.394 e. The van der Waals surface area contributed by atoms with Crippen LogP contribution in [0.5, 0.6) is 0 Å². The van der Waals surface area contributed by atoms with Crippen LogP contribution in [0.15, 0.2) is 24.3 Å². The summed E-state index contributed by atoms with van der Waals surface area (Å²) in [6.07, 6.45) is 1.86. The minimum atomic E-state index is -0.319. The highest BCUT2D eigenvalue weighted by Gasteiger charge is 2.33. The van der Waals surface area contributed by atoms with E-state index < -0.39 is 0 Å². The Morgan fingerprint density at radius 3 is 2.65 bits per heavy atom. The fourth-order valence-electron chi connectivity index (χ4n) is 2.03. The topological polar surface area (TPSA) is 69.6 Å². The summed E-state index contributed by atoms with van der Waals surface area (Å²) >= 11 is 0. The number of aliphatic hydroxyl groups excluding tert-OH is 1. The van der Waals surface area contributed by atoms with Gasteiger partial charge in [-0.05, 0) is 31.9 Å². The van der Waals surface area contributed by atoms with Gasteiger partial charge in [0.05, 0.1) is 17.9 Å². The molecule has 2 N–H and O–H groups in total. The molecule has 108 valence electrons. The van der Waals surface area contributed by atoms with Gasteiger partial charge in [0.2, 0.25) is 5.91 Å². The number of hydrogen-bond donors (Lipinski definition) is 2. The SMILES string of the molecule is CC(CO)NC(=O)c1ccccc1N(C)C(=O)C1CC1. The van der Waals surface area contributed by atoms with Crippen molar-refractivity contribution in [1.29, 1.82) is 0 Å². The minimum absolute atomic E-state index is 0.0560. The molecule has 0 saturated heterocycles. The predicted octanol–water partition coefficient (Wildman–Crippen LogP) is 1.17. The van der Waals surface area contributed by atoms with Crippen LogP contribution in [0, 0.1) is 5.92 Å². The van der Waals surface area contributed by atoms with E-state index in [0.717, 1.165) is 12.8 Å². The Bertz CT molecular complexity index is 512. The van der Waals surface area contributed by atoms with Gasteiger partial charge >= 0.3 is 0 Å². The molecule has 20 heavy (non-hydrogen) atoms. The van der Waals surface area contributed by atoms with Crippen LogP contribution in [0.2, 0.25) is 0 Å². The zero-order valence-electron chi connectivity index (χ0n) is 11.8. The number of hydrogen-bond acceptors (Lipinski definition) is 3. The van der Waals surface area contributed by atoms with Gasteiger partial charge in [-0.25, -0.2) is 0 Å². The fraction of sp³-hybridized carbons (Fsp3) is 0.467. The van der Waals surface area contributed by atoms with E-state index in [1.165, 1.54) is 0 Å². The number of amides is 2. The van der Waals surface area contributed by atoms with Crippen molar-refractivity contribution in [3.05, 3.63) is 29.8 Å². The van der Waals surface area contributed by atoms with E-state index in [2.05, 4.69) is 5.32 Å². The van der Waals surface area contributed by atoms with Gasteiger partial charge in [0.1, 0.15) is 0 Å². The maximum atomic E-state index is 12.2. The second-order valence-electron chi connectivity index (χ2n) is 5.25. The quantitative estimate of drug-likeness (QED) is 0.848. The molecular formula is C15H20N2O3. The molecular weight excluding hydrogens is 256 g/mol. The number of carbonyl (C=O) groups excluding carboxylic acids is 2. The highest BCUT2D eigenvalue weighted by atomic mass is 16.3. The summed E-state index contributed by atoms with van der Waals surface area (Å²) in [4.78, 5) is 25.9. The van der Waals surface area contributed by atoms with Crippen LogP contribution in [0.1, 0.15) is 30.1 Å². The van der Waals surface area contributed by atoms with Crippen molar-refractivity contribution in [1.82, 2.24) is 5.32 Å². The van der Waals surface area contributed by atoms with Gasteiger partial charge in [-0.2, -0.15) is 0 Å². The lowest BCUT2D eigenvalue weighted by atomic mass is 10.1. The summed E-state index contributed by atoms with van der Waals surface area (Å²) in [5, 5.41) is 11.7. The number of para-hydroxylation sites is 1. The summed E-state index contributed by atoms with van der Waals surface area (Å²) in [5.41, 5.74) is 1.05. The molecule has 0 aromatic heterocycles. The van der Waals surface area contributed by atoms with Crippen LogP contribution < -0.4 is 10.2 Å². The molecule has 1 saturated carbocycles. The van der Waals surface area contributed by atoms with E-state index in [1.54, 1.807) is 43.1 Å². The first-order valence-corrected chi connectivity index (χ1v) is 6.83. The molecule has 1 aromatic rings. The van der Waals surface area contributed by atoms with E-state index in [4.69, 9.17) is 5.11 Å². The number of benzene rings is 1. The van der Waals surface area contributed by atoms with Gasteiger partial charge in [0, 0.05) is 19.0 Å². The van der Waals surface area contributed by atoms with Gasteiger partial charge in [0.25, 0.3) is 5.91 Å². The third-order valence-corrected chi connectivity index (χ3v) is 3.42. The summed E-state index contributed by atoms with van der Waals surface area (Å²) in [6, 6.07) is 6.69. The van der Waals surface area contributed by atoms with Gasteiger partial charge in [-0.3, -0.25) is 9.59 Å². The highest BCUT2D eigenvalue weighted by Crippen LogP contribution is 2.33. The smallest absolute Gasteiger partial charge is 0.253 e. The molecule has 0 radical (unpaired) electrons. The number of nitrogens with zero attached hydrogens (tertiary/aromatic N) is 1. The van der Waals surface area contributed by atoms with Crippen molar-refractivity contribution in [3.63, 3.8) is 0 Å². The largest absolute Gasteiger partial charge is 0.394 e. The maximum Gasteiger partial charge on any atom is 0.253 e. The van der Waals surface area contributed by atoms with Crippen molar-refractivity contribution in [2.45, 2.75) is 25.8 Å². The number of carbonyl (C=O) groups is 2. The van der Waals surface area contributed by atoms with Crippen LogP contribution in [0.25, 0.3) is 0 Å². The Kier molecular flexibility index (Phi) is 4.39. The summed E-state index contributed by atoms with van der Waals surface area (Å²) < 4.78 is 0. The lowest BCUT2D eigenvalue weighted by Crippen LogP contribution is -2.37. The lowest BCUT2D eigenvalue weighted by Gasteiger charge is -2.21. The molecule has 0 spiro atoms. The van der Waals surface area contributed by atoms with E-state index in [1.807, 2.05) is 0 Å². The first-order chi connectivity index (χ1) is 9.54. The van der Waals surface area contributed by atoms with Gasteiger partial charge < -0.3 is 15.3 Å². The summed E-state index contributed by atoms with van der Waals surface area (Å²) in [6.45, 7) is 1.60. The number of rotatable bonds is 5. The molecule has 2 rings (SSSR count). The molecule has 0 aliphatic heterocycles. The standard InChI is InChI=1S/C15H20N2O3/c1-10(9-18)16-14(19)12-5-3-4-6-13(12)17(2)15(20)11-7-8-11/h3-6,10-11,18H,7-9H2,1-2H3,(H,16,19). The average Bonchev–Trinajstić information content (AvgIpc) is 3.30. The second kappa shape index (κ2) is 6.05. The number of nitrogens with one attached hydrogen (secondary N) is 1. The molecule has 1 aromatic carbocycles. The molecule has 2 amide bonds. The van der Waals surface area contributed by atoms with E-state index in [0.29, 0.717) is 11.3 Å². The van der Waals surface area contributed by atoms with Crippen molar-refractivity contribution in [3.8, 4) is 0 Å². The average molecular weight is 276 g/mol. The Hall–Kier alpha value is -1.88. The predicted molar refractivity (Wildman–Crippen MR) is 76.6 cm³/mol. The van der Waals surface area contributed by atoms with Gasteiger partial charge in [-0.1, -0.05) is 12.1 Å². The molecule has 0 heterocycles. The second-order valence-corrected chi connectivity index (χ2v) is 5.25. The van der Waals surface area contributed by atoms with Crippen molar-refractivity contribution >= 4 is 17.5 Å². The van der Waals surface area contributed by atoms with Crippen LogP contribution >= 0.6 is 0 Å². The molecule has 1 fully saturated rings. The summed E-state index contributed by atoms with van der Waals surface area (Å²) in [5.74, 6) is -0.120. The van der Waals surface area contributed by atoms with Crippen LogP contribution in [0.3, 0.4) is 0 Å². The molecule has 1 unspecified atom stereocenters. The normalized spacial score (nSPS) is 15.6. The lowest BCUT2D eigenvalue weighted by molar-refractivity contribution is -0.119.